The SMILES string of the molecule is CC(C)(C)OC(=O)NCCC(=O)N1CCC(CNC(=O)OC(C)(C)C)CC1. The molecule has 0 radical (unpaired) electrons. The highest BCUT2D eigenvalue weighted by Crippen LogP contribution is 2.17. The van der Waals surface area contributed by atoms with Crippen molar-refractivity contribution in [1.82, 2.24) is 15.5 Å². The number of carbonyl (C=O) groups is 3. The molecule has 0 aromatic heterocycles. The molecule has 0 aromatic rings. The van der Waals surface area contributed by atoms with Crippen molar-refractivity contribution in [1.29, 1.82) is 0 Å². The number of likely N-dealkylation sites (tertiary alicyclic amines) is 1. The van der Waals surface area contributed by atoms with E-state index in [4.69, 9.17) is 9.47 Å². The summed E-state index contributed by atoms with van der Waals surface area (Å²) in [4.78, 5) is 37.3. The fraction of sp³-hybridized carbons (Fsp3) is 0.842. The summed E-state index contributed by atoms with van der Waals surface area (Å²) in [5, 5.41) is 5.39. The van der Waals surface area contributed by atoms with Crippen molar-refractivity contribution >= 4 is 18.1 Å². The third kappa shape index (κ3) is 10.7. The molecule has 3 amide bonds. The van der Waals surface area contributed by atoms with Gasteiger partial charge in [-0.2, -0.15) is 0 Å². The molecule has 2 N–H and O–H groups in total. The summed E-state index contributed by atoms with van der Waals surface area (Å²) >= 11 is 0. The molecule has 0 saturated carbocycles. The highest BCUT2D eigenvalue weighted by molar-refractivity contribution is 5.77. The maximum Gasteiger partial charge on any atom is 0.407 e. The van der Waals surface area contributed by atoms with Crippen molar-refractivity contribution in [3.63, 3.8) is 0 Å². The number of amides is 3. The molecule has 1 aliphatic heterocycles. The number of hydrogen-bond donors (Lipinski definition) is 2. The van der Waals surface area contributed by atoms with E-state index in [1.165, 1.54) is 0 Å². The second-order valence-corrected chi connectivity index (χ2v) is 8.89. The minimum Gasteiger partial charge on any atom is -0.444 e. The molecular weight excluding hydrogens is 350 g/mol. The van der Waals surface area contributed by atoms with E-state index in [0.29, 0.717) is 25.6 Å². The van der Waals surface area contributed by atoms with Crippen LogP contribution in [0.15, 0.2) is 0 Å². The largest absolute Gasteiger partial charge is 0.444 e. The van der Waals surface area contributed by atoms with Crippen LogP contribution < -0.4 is 10.6 Å². The lowest BCUT2D eigenvalue weighted by molar-refractivity contribution is -0.132. The van der Waals surface area contributed by atoms with Crippen molar-refractivity contribution in [3.8, 4) is 0 Å². The van der Waals surface area contributed by atoms with Crippen LogP contribution in [0.2, 0.25) is 0 Å². The number of ether oxygens (including phenoxy) is 2. The fourth-order valence-corrected chi connectivity index (χ4v) is 2.67. The van der Waals surface area contributed by atoms with Gasteiger partial charge in [-0.25, -0.2) is 9.59 Å². The number of carbonyl (C=O) groups excluding carboxylic acids is 3. The Hall–Kier alpha value is -1.99. The van der Waals surface area contributed by atoms with Gasteiger partial charge in [0, 0.05) is 32.6 Å². The van der Waals surface area contributed by atoms with Gasteiger partial charge in [-0.05, 0) is 60.3 Å². The van der Waals surface area contributed by atoms with Gasteiger partial charge in [0.1, 0.15) is 11.2 Å². The maximum absolute atomic E-state index is 12.2. The van der Waals surface area contributed by atoms with Gasteiger partial charge in [0.15, 0.2) is 0 Å². The predicted molar refractivity (Wildman–Crippen MR) is 102 cm³/mol. The Morgan fingerprint density at radius 3 is 1.85 bits per heavy atom. The summed E-state index contributed by atoms with van der Waals surface area (Å²) in [6.45, 7) is 13.0. The summed E-state index contributed by atoms with van der Waals surface area (Å²) in [5.41, 5.74) is -1.06. The highest BCUT2D eigenvalue weighted by Gasteiger charge is 2.24. The number of rotatable bonds is 5. The molecule has 156 valence electrons. The Labute approximate surface area is 162 Å². The summed E-state index contributed by atoms with van der Waals surface area (Å²) in [5.74, 6) is 0.353. The van der Waals surface area contributed by atoms with E-state index in [2.05, 4.69) is 10.6 Å². The van der Waals surface area contributed by atoms with E-state index in [0.717, 1.165) is 12.8 Å². The standard InChI is InChI=1S/C19H35N3O5/c1-18(2,3)26-16(24)20-10-7-15(23)22-11-8-14(9-12-22)13-21-17(25)27-19(4,5)6/h14H,7-13H2,1-6H3,(H,20,24)(H,21,25). The van der Waals surface area contributed by atoms with Crippen LogP contribution >= 0.6 is 0 Å². The maximum atomic E-state index is 12.2. The summed E-state index contributed by atoms with van der Waals surface area (Å²) in [7, 11) is 0. The minimum atomic E-state index is -0.552. The lowest BCUT2D eigenvalue weighted by Gasteiger charge is -2.32. The van der Waals surface area contributed by atoms with Gasteiger partial charge in [0.25, 0.3) is 0 Å². The molecule has 0 atom stereocenters. The van der Waals surface area contributed by atoms with E-state index < -0.39 is 23.4 Å². The first kappa shape index (κ1) is 23.0. The Morgan fingerprint density at radius 2 is 1.37 bits per heavy atom. The average molecular weight is 386 g/mol. The molecule has 8 nitrogen and oxygen atoms in total. The van der Waals surface area contributed by atoms with Crippen LogP contribution in [0.25, 0.3) is 0 Å². The summed E-state index contributed by atoms with van der Waals surface area (Å²) in [6.07, 6.45) is 0.999. The quantitative estimate of drug-likeness (QED) is 0.758. The van der Waals surface area contributed by atoms with Gasteiger partial charge in [-0.1, -0.05) is 0 Å². The highest BCUT2D eigenvalue weighted by atomic mass is 16.6. The summed E-state index contributed by atoms with van der Waals surface area (Å²) in [6, 6.07) is 0. The lowest BCUT2D eigenvalue weighted by Crippen LogP contribution is -2.43. The van der Waals surface area contributed by atoms with Crippen LogP contribution in [-0.2, 0) is 14.3 Å². The van der Waals surface area contributed by atoms with Crippen LogP contribution in [0.3, 0.4) is 0 Å². The zero-order valence-corrected chi connectivity index (χ0v) is 17.5. The Kier molecular flexibility index (Phi) is 8.37. The van der Waals surface area contributed by atoms with Gasteiger partial charge < -0.3 is 25.0 Å². The van der Waals surface area contributed by atoms with Crippen LogP contribution in [0.5, 0.6) is 0 Å². The molecular formula is C19H35N3O5. The molecule has 0 bridgehead atoms. The Bertz CT molecular complexity index is 514. The van der Waals surface area contributed by atoms with Crippen molar-refractivity contribution in [2.24, 2.45) is 5.92 Å². The molecule has 1 heterocycles. The van der Waals surface area contributed by atoms with Crippen LogP contribution in [0.4, 0.5) is 9.59 Å². The normalized spacial score (nSPS) is 15.9. The minimum absolute atomic E-state index is 0.0182. The second kappa shape index (κ2) is 9.80. The smallest absolute Gasteiger partial charge is 0.407 e. The molecule has 27 heavy (non-hydrogen) atoms. The first-order chi connectivity index (χ1) is 12.4. The monoisotopic (exact) mass is 385 g/mol. The zero-order chi connectivity index (χ0) is 20.7. The first-order valence-electron chi connectivity index (χ1n) is 9.57. The predicted octanol–water partition coefficient (Wildman–Crippen LogP) is 2.66. The van der Waals surface area contributed by atoms with Crippen molar-refractivity contribution < 1.29 is 23.9 Å². The topological polar surface area (TPSA) is 97.0 Å². The molecule has 1 aliphatic rings. The Balaban J connectivity index is 2.21. The number of nitrogens with one attached hydrogen (secondary N) is 2. The molecule has 8 heteroatoms. The van der Waals surface area contributed by atoms with Crippen molar-refractivity contribution in [2.45, 2.75) is 72.0 Å². The molecule has 1 rings (SSSR count). The van der Waals surface area contributed by atoms with Gasteiger partial charge >= 0.3 is 12.2 Å². The van der Waals surface area contributed by atoms with Crippen LogP contribution in [0, 0.1) is 5.92 Å². The molecule has 1 saturated heterocycles. The zero-order valence-electron chi connectivity index (χ0n) is 17.5. The van der Waals surface area contributed by atoms with Gasteiger partial charge in [-0.3, -0.25) is 4.79 Å². The molecule has 1 fully saturated rings. The first-order valence-corrected chi connectivity index (χ1v) is 9.57. The number of hydrogen-bond acceptors (Lipinski definition) is 5. The average Bonchev–Trinajstić information content (AvgIpc) is 2.50. The van der Waals surface area contributed by atoms with Gasteiger partial charge in [0.2, 0.25) is 5.91 Å². The van der Waals surface area contributed by atoms with Crippen molar-refractivity contribution in [3.05, 3.63) is 0 Å². The molecule has 0 aliphatic carbocycles. The van der Waals surface area contributed by atoms with E-state index >= 15 is 0 Å². The molecule has 0 aromatic carbocycles. The summed E-state index contributed by atoms with van der Waals surface area (Å²) < 4.78 is 10.4. The Morgan fingerprint density at radius 1 is 0.889 bits per heavy atom. The van der Waals surface area contributed by atoms with E-state index in [1.54, 1.807) is 25.7 Å². The third-order valence-electron chi connectivity index (χ3n) is 3.91. The van der Waals surface area contributed by atoms with Crippen LogP contribution in [0.1, 0.15) is 60.8 Å². The second-order valence-electron chi connectivity index (χ2n) is 8.89. The number of alkyl carbamates (subject to hydrolysis) is 2. The van der Waals surface area contributed by atoms with Crippen LogP contribution in [-0.4, -0.2) is 60.4 Å². The molecule has 0 spiro atoms. The van der Waals surface area contributed by atoms with Gasteiger partial charge in [0.05, 0.1) is 0 Å². The third-order valence-corrected chi connectivity index (χ3v) is 3.91. The van der Waals surface area contributed by atoms with E-state index in [9.17, 15) is 14.4 Å². The van der Waals surface area contributed by atoms with E-state index in [1.807, 2.05) is 20.8 Å². The molecule has 0 unspecified atom stereocenters. The number of nitrogens with zero attached hydrogens (tertiary/aromatic N) is 1. The van der Waals surface area contributed by atoms with E-state index in [-0.39, 0.29) is 18.9 Å². The van der Waals surface area contributed by atoms with Crippen molar-refractivity contribution in [2.75, 3.05) is 26.2 Å². The fourth-order valence-electron chi connectivity index (χ4n) is 2.67. The van der Waals surface area contributed by atoms with Gasteiger partial charge in [-0.15, -0.1) is 0 Å². The lowest BCUT2D eigenvalue weighted by atomic mass is 9.96. The number of piperidine rings is 1.